The van der Waals surface area contributed by atoms with Crippen molar-refractivity contribution in [3.05, 3.63) is 30.1 Å². The predicted molar refractivity (Wildman–Crippen MR) is 110 cm³/mol. The lowest BCUT2D eigenvalue weighted by atomic mass is 9.90. The molecule has 4 heterocycles. The van der Waals surface area contributed by atoms with Crippen molar-refractivity contribution in [2.45, 2.75) is 51.6 Å². The van der Waals surface area contributed by atoms with Gasteiger partial charge in [-0.2, -0.15) is 0 Å². The van der Waals surface area contributed by atoms with Crippen LogP contribution in [0, 0.1) is 0 Å². The Bertz CT molecular complexity index is 985. The molecule has 0 atom stereocenters. The lowest BCUT2D eigenvalue weighted by Gasteiger charge is -2.33. The average molecular weight is 413 g/mol. The van der Waals surface area contributed by atoms with Crippen molar-refractivity contribution in [3.8, 4) is 0 Å². The van der Waals surface area contributed by atoms with Gasteiger partial charge in [-0.3, -0.25) is 19.4 Å². The van der Waals surface area contributed by atoms with Crippen LogP contribution in [0.2, 0.25) is 0 Å². The zero-order chi connectivity index (χ0) is 21.5. The fraction of sp³-hybridized carbons (Fsp3) is 0.524. The molecule has 2 aliphatic rings. The Hall–Kier alpha value is -3.10. The molecule has 1 N–H and O–H groups in total. The van der Waals surface area contributed by atoms with Crippen LogP contribution in [0.3, 0.4) is 0 Å². The fourth-order valence-electron chi connectivity index (χ4n) is 3.94. The number of hydrogen-bond acceptors (Lipinski definition) is 5. The van der Waals surface area contributed by atoms with Gasteiger partial charge in [0.15, 0.2) is 0 Å². The molecule has 0 aliphatic carbocycles. The molecule has 2 fully saturated rings. The van der Waals surface area contributed by atoms with E-state index >= 15 is 0 Å². The van der Waals surface area contributed by atoms with Crippen LogP contribution in [-0.4, -0.2) is 57.6 Å². The molecule has 0 saturated carbocycles. The molecular formula is C21H27N5O4. The molecule has 4 amide bonds. The van der Waals surface area contributed by atoms with Gasteiger partial charge in [0.25, 0.3) is 0 Å². The number of rotatable bonds is 2. The molecule has 0 aromatic carbocycles. The number of carbonyl (C=O) groups excluding carboxylic acids is 3. The van der Waals surface area contributed by atoms with Gasteiger partial charge in [-0.1, -0.05) is 0 Å². The standard InChI is InChI=1S/C21H27N5O4/c1-21(2,3)30-20(29)24-8-4-14(5-9-24)15-6-10-25-16(12-15)22-13-18(25)26-11-7-17(27)23-19(26)28/h6,10,12-14H,4-5,7-9,11H2,1-3H3,(H,23,27,28). The van der Waals surface area contributed by atoms with Gasteiger partial charge >= 0.3 is 12.1 Å². The van der Waals surface area contributed by atoms with Gasteiger partial charge in [-0.15, -0.1) is 0 Å². The van der Waals surface area contributed by atoms with E-state index in [0.717, 1.165) is 18.5 Å². The van der Waals surface area contributed by atoms with Crippen LogP contribution in [0.25, 0.3) is 5.65 Å². The first-order chi connectivity index (χ1) is 14.2. The number of likely N-dealkylation sites (tertiary alicyclic amines) is 1. The molecule has 0 radical (unpaired) electrons. The molecule has 0 unspecified atom stereocenters. The molecule has 30 heavy (non-hydrogen) atoms. The maximum Gasteiger partial charge on any atom is 0.410 e. The lowest BCUT2D eigenvalue weighted by Crippen LogP contribution is -2.50. The maximum absolute atomic E-state index is 12.3. The first-order valence-corrected chi connectivity index (χ1v) is 10.3. The Morgan fingerprint density at radius 1 is 1.20 bits per heavy atom. The van der Waals surface area contributed by atoms with Gasteiger partial charge in [0.1, 0.15) is 17.1 Å². The summed E-state index contributed by atoms with van der Waals surface area (Å²) < 4.78 is 7.32. The second-order valence-electron chi connectivity index (χ2n) is 8.80. The number of fused-ring (bicyclic) bond motifs is 1. The molecular weight excluding hydrogens is 386 g/mol. The van der Waals surface area contributed by atoms with Crippen molar-refractivity contribution in [1.29, 1.82) is 0 Å². The number of amides is 4. The molecule has 160 valence electrons. The first kappa shape index (κ1) is 20.2. The van der Waals surface area contributed by atoms with E-state index < -0.39 is 11.6 Å². The zero-order valence-electron chi connectivity index (χ0n) is 17.6. The number of imidazole rings is 1. The Balaban J connectivity index is 1.45. The van der Waals surface area contributed by atoms with Crippen LogP contribution in [0.5, 0.6) is 0 Å². The molecule has 9 heteroatoms. The second kappa shape index (κ2) is 7.62. The number of imide groups is 1. The third-order valence-electron chi connectivity index (χ3n) is 5.47. The first-order valence-electron chi connectivity index (χ1n) is 10.3. The minimum Gasteiger partial charge on any atom is -0.444 e. The molecule has 9 nitrogen and oxygen atoms in total. The number of aromatic nitrogens is 2. The summed E-state index contributed by atoms with van der Waals surface area (Å²) in [6.07, 6.45) is 5.30. The van der Waals surface area contributed by atoms with Crippen LogP contribution < -0.4 is 10.2 Å². The molecule has 2 saturated heterocycles. The zero-order valence-corrected chi connectivity index (χ0v) is 17.6. The minimum absolute atomic E-state index is 0.257. The monoisotopic (exact) mass is 413 g/mol. The molecule has 0 spiro atoms. The SMILES string of the molecule is CC(C)(C)OC(=O)N1CCC(c2ccn3c(N4CCC(=O)NC4=O)cnc3c2)CC1. The fourth-order valence-corrected chi connectivity index (χ4v) is 3.94. The van der Waals surface area contributed by atoms with E-state index in [1.54, 1.807) is 11.1 Å². The molecule has 4 rings (SSSR count). The number of hydrogen-bond donors (Lipinski definition) is 1. The Morgan fingerprint density at radius 3 is 2.60 bits per heavy atom. The normalized spacial score (nSPS) is 18.6. The lowest BCUT2D eigenvalue weighted by molar-refractivity contribution is -0.120. The van der Waals surface area contributed by atoms with E-state index in [0.29, 0.717) is 31.4 Å². The molecule has 2 aromatic heterocycles. The third kappa shape index (κ3) is 4.10. The number of carbonyl (C=O) groups is 3. The number of anilines is 1. The summed E-state index contributed by atoms with van der Waals surface area (Å²) in [6, 6.07) is 3.65. The van der Waals surface area contributed by atoms with E-state index in [1.807, 2.05) is 43.5 Å². The summed E-state index contributed by atoms with van der Waals surface area (Å²) in [7, 11) is 0. The van der Waals surface area contributed by atoms with Gasteiger partial charge in [0.05, 0.1) is 6.20 Å². The van der Waals surface area contributed by atoms with Crippen LogP contribution in [-0.2, 0) is 9.53 Å². The number of ether oxygens (including phenoxy) is 1. The van der Waals surface area contributed by atoms with Crippen LogP contribution in [0.4, 0.5) is 15.4 Å². The van der Waals surface area contributed by atoms with Crippen LogP contribution >= 0.6 is 0 Å². The average Bonchev–Trinajstić information content (AvgIpc) is 3.10. The van der Waals surface area contributed by atoms with Crippen LogP contribution in [0.15, 0.2) is 24.5 Å². The summed E-state index contributed by atoms with van der Waals surface area (Å²) in [5.74, 6) is 0.719. The topological polar surface area (TPSA) is 96.3 Å². The van der Waals surface area contributed by atoms with Gasteiger partial charge in [-0.25, -0.2) is 14.6 Å². The van der Waals surface area contributed by atoms with Crippen molar-refractivity contribution in [2.75, 3.05) is 24.5 Å². The number of nitrogens with one attached hydrogen (secondary N) is 1. The van der Waals surface area contributed by atoms with Crippen molar-refractivity contribution >= 4 is 29.5 Å². The summed E-state index contributed by atoms with van der Waals surface area (Å²) >= 11 is 0. The molecule has 0 bridgehead atoms. The van der Waals surface area contributed by atoms with Gasteiger partial charge in [-0.05, 0) is 57.2 Å². The summed E-state index contributed by atoms with van der Waals surface area (Å²) in [4.78, 5) is 43.6. The Morgan fingerprint density at radius 2 is 1.93 bits per heavy atom. The largest absolute Gasteiger partial charge is 0.444 e. The number of pyridine rings is 1. The smallest absolute Gasteiger partial charge is 0.410 e. The molecule has 2 aromatic rings. The van der Waals surface area contributed by atoms with E-state index in [2.05, 4.69) is 10.3 Å². The highest BCUT2D eigenvalue weighted by molar-refractivity contribution is 6.05. The number of urea groups is 1. The number of piperidine rings is 1. The quantitative estimate of drug-likeness (QED) is 0.817. The third-order valence-corrected chi connectivity index (χ3v) is 5.47. The van der Waals surface area contributed by atoms with Crippen molar-refractivity contribution in [3.63, 3.8) is 0 Å². The summed E-state index contributed by atoms with van der Waals surface area (Å²) in [5.41, 5.74) is 1.43. The van der Waals surface area contributed by atoms with E-state index in [9.17, 15) is 14.4 Å². The van der Waals surface area contributed by atoms with E-state index in [4.69, 9.17) is 4.74 Å². The van der Waals surface area contributed by atoms with Gasteiger partial charge in [0, 0.05) is 32.3 Å². The Labute approximate surface area is 175 Å². The minimum atomic E-state index is -0.490. The summed E-state index contributed by atoms with van der Waals surface area (Å²) in [6.45, 7) is 7.27. The van der Waals surface area contributed by atoms with Crippen molar-refractivity contribution < 1.29 is 19.1 Å². The van der Waals surface area contributed by atoms with Gasteiger partial charge in [0.2, 0.25) is 5.91 Å². The highest BCUT2D eigenvalue weighted by atomic mass is 16.6. The number of nitrogens with zero attached hydrogens (tertiary/aromatic N) is 4. The summed E-state index contributed by atoms with van der Waals surface area (Å²) in [5, 5.41) is 2.34. The maximum atomic E-state index is 12.3. The highest BCUT2D eigenvalue weighted by Gasteiger charge is 2.29. The Kier molecular flexibility index (Phi) is 5.13. The van der Waals surface area contributed by atoms with E-state index in [1.165, 1.54) is 10.5 Å². The highest BCUT2D eigenvalue weighted by Crippen LogP contribution is 2.30. The van der Waals surface area contributed by atoms with Crippen LogP contribution in [0.1, 0.15) is 51.5 Å². The van der Waals surface area contributed by atoms with Gasteiger partial charge < -0.3 is 9.64 Å². The van der Waals surface area contributed by atoms with Crippen molar-refractivity contribution in [1.82, 2.24) is 19.6 Å². The molecule has 2 aliphatic heterocycles. The van der Waals surface area contributed by atoms with Crippen molar-refractivity contribution in [2.24, 2.45) is 0 Å². The predicted octanol–water partition coefficient (Wildman–Crippen LogP) is 2.90. The second-order valence-corrected chi connectivity index (χ2v) is 8.80. The van der Waals surface area contributed by atoms with E-state index in [-0.39, 0.29) is 18.4 Å².